The number of rotatable bonds is 7. The van der Waals surface area contributed by atoms with Crippen molar-refractivity contribution in [3.8, 4) is 17.6 Å². The largest absolute Gasteiger partial charge is 0.493 e. The van der Waals surface area contributed by atoms with Gasteiger partial charge < -0.3 is 14.8 Å². The van der Waals surface area contributed by atoms with Gasteiger partial charge in [0.15, 0.2) is 17.3 Å². The second-order valence-electron chi connectivity index (χ2n) is 5.53. The Hall–Kier alpha value is -4.19. The Morgan fingerprint density at radius 2 is 1.82 bits per heavy atom. The molecule has 0 aliphatic rings. The molecule has 140 valence electrons. The molecule has 1 aromatic heterocycles. The van der Waals surface area contributed by atoms with E-state index in [2.05, 4.69) is 25.9 Å². The summed E-state index contributed by atoms with van der Waals surface area (Å²) in [6.07, 6.45) is 1.47. The van der Waals surface area contributed by atoms with Gasteiger partial charge in [-0.1, -0.05) is 0 Å². The van der Waals surface area contributed by atoms with Crippen LogP contribution in [0.25, 0.3) is 5.57 Å². The molecule has 3 rings (SSSR count). The molecule has 0 atom stereocenters. The predicted molar refractivity (Wildman–Crippen MR) is 101 cm³/mol. The van der Waals surface area contributed by atoms with Crippen molar-refractivity contribution < 1.29 is 14.3 Å². The van der Waals surface area contributed by atoms with Crippen LogP contribution in [0.4, 0.5) is 5.69 Å². The van der Waals surface area contributed by atoms with Gasteiger partial charge in [0, 0.05) is 23.0 Å². The number of hydrogen-bond acceptors (Lipinski definition) is 8. The van der Waals surface area contributed by atoms with E-state index in [4.69, 9.17) is 14.7 Å². The SMILES string of the molecule is COc1ccc(C(=O)c2ccc(NC=C(C#N)c3nn[nH]n3)cc2)cc1OC. The van der Waals surface area contributed by atoms with E-state index in [1.165, 1.54) is 20.4 Å². The van der Waals surface area contributed by atoms with Gasteiger partial charge in [-0.15, -0.1) is 10.2 Å². The van der Waals surface area contributed by atoms with Crippen LogP contribution in [0.2, 0.25) is 0 Å². The van der Waals surface area contributed by atoms with Crippen LogP contribution in [-0.4, -0.2) is 40.6 Å². The smallest absolute Gasteiger partial charge is 0.216 e. The number of benzene rings is 2. The summed E-state index contributed by atoms with van der Waals surface area (Å²) < 4.78 is 10.4. The van der Waals surface area contributed by atoms with Gasteiger partial charge in [-0.25, -0.2) is 0 Å². The van der Waals surface area contributed by atoms with Gasteiger partial charge in [0.2, 0.25) is 5.82 Å². The van der Waals surface area contributed by atoms with Gasteiger partial charge in [-0.3, -0.25) is 4.79 Å². The lowest BCUT2D eigenvalue weighted by Crippen LogP contribution is -2.02. The van der Waals surface area contributed by atoms with Crippen molar-refractivity contribution in [1.82, 2.24) is 20.6 Å². The molecule has 2 N–H and O–H groups in total. The molecule has 2 aromatic carbocycles. The lowest BCUT2D eigenvalue weighted by Gasteiger charge is -2.09. The summed E-state index contributed by atoms with van der Waals surface area (Å²) in [4.78, 5) is 12.7. The summed E-state index contributed by atoms with van der Waals surface area (Å²) in [6.45, 7) is 0. The highest BCUT2D eigenvalue weighted by atomic mass is 16.5. The van der Waals surface area contributed by atoms with Crippen LogP contribution in [0.5, 0.6) is 11.5 Å². The number of ketones is 1. The number of hydrogen-bond donors (Lipinski definition) is 2. The molecule has 28 heavy (non-hydrogen) atoms. The summed E-state index contributed by atoms with van der Waals surface area (Å²) in [5.41, 5.74) is 1.92. The van der Waals surface area contributed by atoms with Gasteiger partial charge in [-0.05, 0) is 47.7 Å². The molecular formula is C19H16N6O3. The first kappa shape index (κ1) is 18.6. The van der Waals surface area contributed by atoms with E-state index in [0.717, 1.165) is 0 Å². The number of allylic oxidation sites excluding steroid dienone is 1. The van der Waals surface area contributed by atoms with Crippen molar-refractivity contribution in [2.75, 3.05) is 19.5 Å². The third kappa shape index (κ3) is 3.96. The summed E-state index contributed by atoms with van der Waals surface area (Å²) in [5.74, 6) is 1.09. The van der Waals surface area contributed by atoms with Gasteiger partial charge in [0.25, 0.3) is 0 Å². The predicted octanol–water partition coefficient (Wildman–Crippen LogP) is 2.42. The molecule has 0 saturated heterocycles. The number of carbonyl (C=O) groups is 1. The van der Waals surface area contributed by atoms with Gasteiger partial charge in [-0.2, -0.15) is 10.5 Å². The molecular weight excluding hydrogens is 360 g/mol. The number of H-pyrrole nitrogens is 1. The fourth-order valence-corrected chi connectivity index (χ4v) is 2.44. The second-order valence-corrected chi connectivity index (χ2v) is 5.53. The lowest BCUT2D eigenvalue weighted by molar-refractivity contribution is 0.103. The number of aromatic nitrogens is 4. The van der Waals surface area contributed by atoms with E-state index in [1.807, 2.05) is 6.07 Å². The van der Waals surface area contributed by atoms with Gasteiger partial charge in [0.05, 0.1) is 14.2 Å². The Morgan fingerprint density at radius 3 is 2.43 bits per heavy atom. The molecule has 0 amide bonds. The molecule has 1 heterocycles. The van der Waals surface area contributed by atoms with Crippen molar-refractivity contribution in [3.63, 3.8) is 0 Å². The van der Waals surface area contributed by atoms with Gasteiger partial charge in [0.1, 0.15) is 11.6 Å². The first-order valence-electron chi connectivity index (χ1n) is 8.13. The Kier molecular flexibility index (Phi) is 5.62. The molecule has 3 aromatic rings. The fraction of sp³-hybridized carbons (Fsp3) is 0.105. The highest BCUT2D eigenvalue weighted by molar-refractivity contribution is 6.09. The van der Waals surface area contributed by atoms with Crippen LogP contribution in [0.15, 0.2) is 48.7 Å². The van der Waals surface area contributed by atoms with Crippen molar-refractivity contribution in [1.29, 1.82) is 5.26 Å². The van der Waals surface area contributed by atoms with Crippen molar-refractivity contribution in [2.45, 2.75) is 0 Å². The number of nitriles is 1. The average Bonchev–Trinajstić information content (AvgIpc) is 3.28. The standard InChI is InChI=1S/C19H16N6O3/c1-27-16-8-5-13(9-17(16)28-2)18(26)12-3-6-15(7-4-12)21-11-14(10-20)19-22-24-25-23-19/h3-9,11,21H,1-2H3,(H,22,23,24,25). The lowest BCUT2D eigenvalue weighted by atomic mass is 10.0. The zero-order valence-corrected chi connectivity index (χ0v) is 15.1. The quantitative estimate of drug-likeness (QED) is 0.476. The molecule has 0 fully saturated rings. The Balaban J connectivity index is 1.75. The van der Waals surface area contributed by atoms with Crippen molar-refractivity contribution >= 4 is 17.0 Å². The number of anilines is 1. The number of tetrazole rings is 1. The molecule has 0 radical (unpaired) electrons. The molecule has 0 aliphatic heterocycles. The van der Waals surface area contributed by atoms with E-state index in [0.29, 0.717) is 28.3 Å². The molecule has 0 unspecified atom stereocenters. The van der Waals surface area contributed by atoms with Crippen LogP contribution in [0.3, 0.4) is 0 Å². The second kappa shape index (κ2) is 8.46. The van der Waals surface area contributed by atoms with Crippen molar-refractivity contribution in [3.05, 3.63) is 65.6 Å². The maximum absolute atomic E-state index is 12.7. The van der Waals surface area contributed by atoms with E-state index >= 15 is 0 Å². The Morgan fingerprint density at radius 1 is 1.11 bits per heavy atom. The fourth-order valence-electron chi connectivity index (χ4n) is 2.44. The maximum atomic E-state index is 12.7. The molecule has 9 nitrogen and oxygen atoms in total. The van der Waals surface area contributed by atoms with E-state index in [9.17, 15) is 4.79 Å². The Labute approximate surface area is 160 Å². The third-order valence-electron chi connectivity index (χ3n) is 3.88. The number of methoxy groups -OCH3 is 2. The highest BCUT2D eigenvalue weighted by Gasteiger charge is 2.13. The topological polar surface area (TPSA) is 126 Å². The van der Waals surface area contributed by atoms with Crippen LogP contribution >= 0.6 is 0 Å². The normalized spacial score (nSPS) is 10.8. The molecule has 9 heteroatoms. The Bertz CT molecular complexity index is 1040. The number of carbonyl (C=O) groups excluding carboxylic acids is 1. The van der Waals surface area contributed by atoms with Crippen LogP contribution in [0, 0.1) is 11.3 Å². The third-order valence-corrected chi connectivity index (χ3v) is 3.88. The summed E-state index contributed by atoms with van der Waals surface area (Å²) in [7, 11) is 3.06. The first-order chi connectivity index (χ1) is 13.7. The van der Waals surface area contributed by atoms with Crippen LogP contribution < -0.4 is 14.8 Å². The molecule has 0 spiro atoms. The summed E-state index contributed by atoms with van der Waals surface area (Å²) in [6, 6.07) is 13.8. The van der Waals surface area contributed by atoms with E-state index in [1.54, 1.807) is 42.5 Å². The first-order valence-corrected chi connectivity index (χ1v) is 8.13. The van der Waals surface area contributed by atoms with Crippen molar-refractivity contribution in [2.24, 2.45) is 0 Å². The number of nitrogens with one attached hydrogen (secondary N) is 2. The average molecular weight is 376 g/mol. The summed E-state index contributed by atoms with van der Waals surface area (Å²) in [5, 5.41) is 25.3. The molecule has 0 bridgehead atoms. The zero-order chi connectivity index (χ0) is 19.9. The molecule has 0 aliphatic carbocycles. The van der Waals surface area contributed by atoms with Crippen LogP contribution in [-0.2, 0) is 0 Å². The number of nitrogens with zero attached hydrogens (tertiary/aromatic N) is 4. The minimum Gasteiger partial charge on any atom is -0.493 e. The molecule has 0 saturated carbocycles. The van der Waals surface area contributed by atoms with Crippen LogP contribution in [0.1, 0.15) is 21.7 Å². The van der Waals surface area contributed by atoms with Gasteiger partial charge >= 0.3 is 0 Å². The minimum atomic E-state index is -0.146. The maximum Gasteiger partial charge on any atom is 0.216 e. The van der Waals surface area contributed by atoms with E-state index in [-0.39, 0.29) is 17.2 Å². The highest BCUT2D eigenvalue weighted by Crippen LogP contribution is 2.28. The summed E-state index contributed by atoms with van der Waals surface area (Å²) >= 11 is 0. The zero-order valence-electron chi connectivity index (χ0n) is 15.1. The van der Waals surface area contributed by atoms with E-state index < -0.39 is 0 Å². The number of ether oxygens (including phenoxy) is 2. The number of aromatic amines is 1. The minimum absolute atomic E-state index is 0.146. The monoisotopic (exact) mass is 376 g/mol.